The molecule has 44 heavy (non-hydrogen) atoms. The number of ketones is 1. The third-order valence-corrected chi connectivity index (χ3v) is 6.94. The van der Waals surface area contributed by atoms with E-state index in [1.165, 1.54) is 6.92 Å². The average Bonchev–Trinajstić information content (AvgIpc) is 3.01. The first-order valence-corrected chi connectivity index (χ1v) is 16.2. The van der Waals surface area contributed by atoms with E-state index >= 15 is 0 Å². The Kier molecular flexibility index (Phi) is 24.8. The van der Waals surface area contributed by atoms with Gasteiger partial charge in [0.1, 0.15) is 0 Å². The van der Waals surface area contributed by atoms with Crippen LogP contribution in [0.3, 0.4) is 0 Å². The van der Waals surface area contributed by atoms with Crippen molar-refractivity contribution >= 4 is 11.7 Å². The van der Waals surface area contributed by atoms with Crippen molar-refractivity contribution in [2.24, 2.45) is 5.73 Å². The SMILES string of the molecule is CCc1c(CCCCOCCOCCOCCCN(CC(=O)CCCCOCCOCCOCCCN)C(C)=O)c(=O)c1=O. The van der Waals surface area contributed by atoms with Crippen LogP contribution < -0.4 is 16.6 Å². The molecule has 0 atom stereocenters. The molecule has 0 saturated carbocycles. The van der Waals surface area contributed by atoms with Crippen LogP contribution in [0.25, 0.3) is 0 Å². The van der Waals surface area contributed by atoms with Gasteiger partial charge in [-0.2, -0.15) is 0 Å². The summed E-state index contributed by atoms with van der Waals surface area (Å²) in [5.74, 6) is -0.0769. The number of Topliss-reactive ketones (excluding diaryl/α,β-unsaturated/α-hetero) is 1. The Labute approximate surface area is 262 Å². The minimum Gasteiger partial charge on any atom is -0.379 e. The van der Waals surface area contributed by atoms with Gasteiger partial charge in [-0.05, 0) is 57.9 Å². The van der Waals surface area contributed by atoms with Gasteiger partial charge in [0.2, 0.25) is 16.8 Å². The highest BCUT2D eigenvalue weighted by Gasteiger charge is 2.18. The van der Waals surface area contributed by atoms with Gasteiger partial charge in [0.15, 0.2) is 5.78 Å². The van der Waals surface area contributed by atoms with Crippen LogP contribution in [0.5, 0.6) is 0 Å². The van der Waals surface area contributed by atoms with E-state index in [1.54, 1.807) is 4.90 Å². The molecule has 0 spiro atoms. The molecule has 0 aromatic heterocycles. The fraction of sp³-hybridized carbons (Fsp3) is 0.812. The van der Waals surface area contributed by atoms with Gasteiger partial charge < -0.3 is 39.1 Å². The summed E-state index contributed by atoms with van der Waals surface area (Å²) in [5.41, 5.74) is 6.16. The number of amides is 1. The Hall–Kier alpha value is -2.06. The van der Waals surface area contributed by atoms with E-state index in [0.29, 0.717) is 129 Å². The molecule has 0 radical (unpaired) electrons. The lowest BCUT2D eigenvalue weighted by atomic mass is 9.94. The van der Waals surface area contributed by atoms with Crippen molar-refractivity contribution in [2.75, 3.05) is 98.9 Å². The highest BCUT2D eigenvalue weighted by atomic mass is 16.5. The number of rotatable bonds is 32. The predicted octanol–water partition coefficient (Wildman–Crippen LogP) is 1.59. The highest BCUT2D eigenvalue weighted by molar-refractivity contribution is 5.85. The lowest BCUT2D eigenvalue weighted by Gasteiger charge is -2.20. The third kappa shape index (κ3) is 19.4. The highest BCUT2D eigenvalue weighted by Crippen LogP contribution is 2.07. The molecule has 0 unspecified atom stereocenters. The minimum atomic E-state index is -0.316. The van der Waals surface area contributed by atoms with Crippen LogP contribution in [-0.4, -0.2) is 116 Å². The van der Waals surface area contributed by atoms with Crippen molar-refractivity contribution in [1.29, 1.82) is 0 Å². The molecule has 1 amide bonds. The lowest BCUT2D eigenvalue weighted by Crippen LogP contribution is -2.39. The molecular formula is C32H56N2O10. The summed E-state index contributed by atoms with van der Waals surface area (Å²) in [6.45, 7) is 10.8. The van der Waals surface area contributed by atoms with Crippen LogP contribution in [0.4, 0.5) is 0 Å². The zero-order valence-corrected chi connectivity index (χ0v) is 27.1. The standard InChI is InChI=1S/C32H56N2O10/c1-3-29-30(32(38)31(29)37)11-5-7-15-40-19-23-44-25-21-42-17-9-13-34(27(2)35)26-28(36)10-4-6-14-39-18-22-43-24-20-41-16-8-12-33/h3-26,33H2,1-2H3. The van der Waals surface area contributed by atoms with Crippen LogP contribution in [0, 0.1) is 0 Å². The maximum absolute atomic E-state index is 12.3. The number of carbonyl (C=O) groups excluding carboxylic acids is 2. The topological polar surface area (TPSA) is 153 Å². The van der Waals surface area contributed by atoms with Gasteiger partial charge in [0, 0.05) is 57.4 Å². The second-order valence-electron chi connectivity index (χ2n) is 10.5. The number of nitrogens with two attached hydrogens (primary N) is 1. The van der Waals surface area contributed by atoms with Crippen LogP contribution in [0.15, 0.2) is 9.59 Å². The average molecular weight is 629 g/mol. The molecule has 0 aliphatic carbocycles. The van der Waals surface area contributed by atoms with Gasteiger partial charge in [-0.3, -0.25) is 19.2 Å². The Bertz CT molecular complexity index is 948. The molecule has 1 aromatic carbocycles. The molecule has 1 aromatic rings. The maximum atomic E-state index is 12.3. The van der Waals surface area contributed by atoms with Crippen molar-refractivity contribution in [3.63, 3.8) is 0 Å². The van der Waals surface area contributed by atoms with E-state index in [1.807, 2.05) is 6.92 Å². The monoisotopic (exact) mass is 628 g/mol. The zero-order valence-electron chi connectivity index (χ0n) is 27.1. The molecular weight excluding hydrogens is 572 g/mol. The molecule has 0 heterocycles. The summed E-state index contributed by atoms with van der Waals surface area (Å²) < 4.78 is 32.9. The fourth-order valence-corrected chi connectivity index (χ4v) is 4.42. The number of hydrogen-bond acceptors (Lipinski definition) is 11. The second-order valence-corrected chi connectivity index (χ2v) is 10.5. The molecule has 12 heteroatoms. The summed E-state index contributed by atoms with van der Waals surface area (Å²) in [6.07, 6.45) is 6.33. The van der Waals surface area contributed by atoms with Gasteiger partial charge in [0.05, 0.1) is 59.4 Å². The fourth-order valence-electron chi connectivity index (χ4n) is 4.42. The summed E-state index contributed by atoms with van der Waals surface area (Å²) in [6, 6.07) is 0. The van der Waals surface area contributed by atoms with Gasteiger partial charge in [0.25, 0.3) is 0 Å². The minimum absolute atomic E-state index is 0.0442. The predicted molar refractivity (Wildman–Crippen MR) is 168 cm³/mol. The lowest BCUT2D eigenvalue weighted by molar-refractivity contribution is -0.133. The Morgan fingerprint density at radius 1 is 0.614 bits per heavy atom. The van der Waals surface area contributed by atoms with Crippen molar-refractivity contribution in [3.8, 4) is 0 Å². The van der Waals surface area contributed by atoms with Gasteiger partial charge in [-0.1, -0.05) is 6.92 Å². The molecule has 0 bridgehead atoms. The van der Waals surface area contributed by atoms with E-state index in [0.717, 1.165) is 32.1 Å². The van der Waals surface area contributed by atoms with E-state index in [9.17, 15) is 19.2 Å². The number of carbonyl (C=O) groups is 2. The van der Waals surface area contributed by atoms with Gasteiger partial charge in [-0.25, -0.2) is 0 Å². The summed E-state index contributed by atoms with van der Waals surface area (Å²) in [5, 5.41) is 0. The molecule has 254 valence electrons. The first kappa shape index (κ1) is 40.0. The van der Waals surface area contributed by atoms with Crippen molar-refractivity contribution < 1.29 is 38.0 Å². The molecule has 12 nitrogen and oxygen atoms in total. The smallest absolute Gasteiger partial charge is 0.229 e. The normalized spacial score (nSPS) is 11.4. The van der Waals surface area contributed by atoms with Crippen LogP contribution >= 0.6 is 0 Å². The van der Waals surface area contributed by atoms with Crippen molar-refractivity contribution in [1.82, 2.24) is 4.90 Å². The summed E-state index contributed by atoms with van der Waals surface area (Å²) >= 11 is 0. The quantitative estimate of drug-likeness (QED) is 0.0914. The molecule has 0 aliphatic heterocycles. The second kappa shape index (κ2) is 27.3. The summed E-state index contributed by atoms with van der Waals surface area (Å²) in [7, 11) is 0. The zero-order chi connectivity index (χ0) is 32.3. The van der Waals surface area contributed by atoms with Crippen LogP contribution in [-0.2, 0) is 50.9 Å². The number of unbranched alkanes of at least 4 members (excludes halogenated alkanes) is 2. The maximum Gasteiger partial charge on any atom is 0.229 e. The molecule has 0 fully saturated rings. The largest absolute Gasteiger partial charge is 0.379 e. The third-order valence-electron chi connectivity index (χ3n) is 6.94. The first-order valence-electron chi connectivity index (χ1n) is 16.2. The van der Waals surface area contributed by atoms with Gasteiger partial charge >= 0.3 is 0 Å². The molecule has 0 aliphatic rings. The van der Waals surface area contributed by atoms with Crippen molar-refractivity contribution in [2.45, 2.75) is 71.6 Å². The summed E-state index contributed by atoms with van der Waals surface area (Å²) in [4.78, 5) is 48.8. The van der Waals surface area contributed by atoms with E-state index < -0.39 is 0 Å². The van der Waals surface area contributed by atoms with Crippen LogP contribution in [0.1, 0.15) is 69.9 Å². The number of nitrogens with zero attached hydrogens (tertiary/aromatic N) is 1. The van der Waals surface area contributed by atoms with Gasteiger partial charge in [-0.15, -0.1) is 0 Å². The van der Waals surface area contributed by atoms with Crippen molar-refractivity contribution in [3.05, 3.63) is 31.6 Å². The first-order chi connectivity index (χ1) is 21.4. The number of hydrogen-bond donors (Lipinski definition) is 1. The molecule has 0 saturated heterocycles. The van der Waals surface area contributed by atoms with E-state index in [4.69, 9.17) is 34.2 Å². The van der Waals surface area contributed by atoms with Crippen LogP contribution in [0.2, 0.25) is 0 Å². The Morgan fingerprint density at radius 3 is 1.57 bits per heavy atom. The van der Waals surface area contributed by atoms with E-state index in [-0.39, 0.29) is 29.1 Å². The van der Waals surface area contributed by atoms with E-state index in [2.05, 4.69) is 0 Å². The number of ether oxygens (including phenoxy) is 6. The Balaban J connectivity index is 1.90. The molecule has 1 rings (SSSR count). The Morgan fingerprint density at radius 2 is 1.07 bits per heavy atom. The molecule has 2 N–H and O–H groups in total.